The van der Waals surface area contributed by atoms with Crippen LogP contribution in [0.4, 0.5) is 0 Å². The Hall–Kier alpha value is -1.36. The molecule has 0 radical (unpaired) electrons. The zero-order valence-corrected chi connectivity index (χ0v) is 16.4. The Bertz CT molecular complexity index is 653. The summed E-state index contributed by atoms with van der Waals surface area (Å²) in [5.41, 5.74) is 1.29. The van der Waals surface area contributed by atoms with Gasteiger partial charge in [0.25, 0.3) is 0 Å². The molecule has 1 aliphatic rings. The Labute approximate surface area is 160 Å². The van der Waals surface area contributed by atoms with E-state index in [0.717, 1.165) is 45.4 Å². The van der Waals surface area contributed by atoms with Crippen LogP contribution in [0.5, 0.6) is 0 Å². The second kappa shape index (κ2) is 9.95. The van der Waals surface area contributed by atoms with Crippen LogP contribution in [0.15, 0.2) is 42.5 Å². The van der Waals surface area contributed by atoms with E-state index in [9.17, 15) is 4.79 Å². The minimum atomic E-state index is 0. The fourth-order valence-corrected chi connectivity index (χ4v) is 4.17. The lowest BCUT2D eigenvalue weighted by Gasteiger charge is -2.29. The van der Waals surface area contributed by atoms with E-state index in [1.165, 1.54) is 15.3 Å². The first-order valence-corrected chi connectivity index (χ1v) is 9.63. The second-order valence-corrected chi connectivity index (χ2v) is 7.90. The van der Waals surface area contributed by atoms with Gasteiger partial charge in [-0.15, -0.1) is 23.7 Å². The molecule has 0 atom stereocenters. The average Bonchev–Trinajstić information content (AvgIpc) is 3.04. The number of hydrogen-bond acceptors (Lipinski definition) is 3. The summed E-state index contributed by atoms with van der Waals surface area (Å²) in [6.45, 7) is 5.58. The van der Waals surface area contributed by atoms with Gasteiger partial charge in [-0.3, -0.25) is 4.79 Å². The fraction of sp³-hybridized carbons (Fsp3) is 0.450. The van der Waals surface area contributed by atoms with Gasteiger partial charge in [0.05, 0.1) is 6.54 Å². The van der Waals surface area contributed by atoms with Crippen molar-refractivity contribution in [2.75, 3.05) is 19.6 Å². The van der Waals surface area contributed by atoms with E-state index in [1.807, 2.05) is 6.07 Å². The number of hydrogen-bond donors (Lipinski definition) is 1. The van der Waals surface area contributed by atoms with E-state index in [1.54, 1.807) is 11.3 Å². The molecule has 1 amide bonds. The summed E-state index contributed by atoms with van der Waals surface area (Å²) < 4.78 is 0. The summed E-state index contributed by atoms with van der Waals surface area (Å²) in [6, 6.07) is 14.8. The number of carbonyl (C=O) groups is 1. The van der Waals surface area contributed by atoms with Crippen LogP contribution in [0.1, 0.15) is 28.2 Å². The van der Waals surface area contributed by atoms with Crippen molar-refractivity contribution >= 4 is 29.7 Å². The Morgan fingerprint density at radius 2 is 1.88 bits per heavy atom. The quantitative estimate of drug-likeness (QED) is 0.822. The monoisotopic (exact) mass is 378 g/mol. The van der Waals surface area contributed by atoms with E-state index in [2.05, 4.69) is 53.5 Å². The Balaban J connectivity index is 0.00000225. The number of nitrogens with zero attached hydrogens (tertiary/aromatic N) is 1. The first kappa shape index (κ1) is 20.0. The molecule has 0 saturated carbocycles. The van der Waals surface area contributed by atoms with E-state index in [-0.39, 0.29) is 18.3 Å². The van der Waals surface area contributed by atoms with Crippen molar-refractivity contribution in [2.45, 2.75) is 32.7 Å². The van der Waals surface area contributed by atoms with Gasteiger partial charge < -0.3 is 10.2 Å². The normalized spacial score (nSPS) is 14.8. The van der Waals surface area contributed by atoms with Gasteiger partial charge in [-0.25, -0.2) is 0 Å². The topological polar surface area (TPSA) is 32.3 Å². The van der Waals surface area contributed by atoms with Crippen LogP contribution in [0.25, 0.3) is 0 Å². The third-order valence-corrected chi connectivity index (χ3v) is 5.64. The Morgan fingerprint density at radius 1 is 1.16 bits per heavy atom. The van der Waals surface area contributed by atoms with Gasteiger partial charge in [0.15, 0.2) is 0 Å². The number of halogens is 1. The number of piperidine rings is 1. The van der Waals surface area contributed by atoms with Crippen LogP contribution in [0.2, 0.25) is 0 Å². The van der Waals surface area contributed by atoms with Crippen molar-refractivity contribution in [2.24, 2.45) is 5.92 Å². The van der Waals surface area contributed by atoms with Crippen LogP contribution in [-0.2, 0) is 17.8 Å². The van der Waals surface area contributed by atoms with Gasteiger partial charge >= 0.3 is 0 Å². The number of rotatable bonds is 6. The fourth-order valence-electron chi connectivity index (χ4n) is 3.26. The SMILES string of the molecule is Cc1ccc(CN(CCc2ccccc2)C(=O)C2CCNCC2)s1.Cl. The lowest BCUT2D eigenvalue weighted by molar-refractivity contribution is -0.137. The molecule has 1 N–H and O–H groups in total. The molecule has 1 aliphatic heterocycles. The number of amides is 1. The molecule has 2 aromatic rings. The molecule has 2 heterocycles. The van der Waals surface area contributed by atoms with Gasteiger partial charge in [-0.1, -0.05) is 30.3 Å². The number of carbonyl (C=O) groups excluding carboxylic acids is 1. The summed E-state index contributed by atoms with van der Waals surface area (Å²) in [5.74, 6) is 0.515. The smallest absolute Gasteiger partial charge is 0.226 e. The van der Waals surface area contributed by atoms with E-state index < -0.39 is 0 Å². The number of benzene rings is 1. The van der Waals surface area contributed by atoms with Crippen molar-refractivity contribution in [3.8, 4) is 0 Å². The summed E-state index contributed by atoms with van der Waals surface area (Å²) in [4.78, 5) is 17.7. The van der Waals surface area contributed by atoms with Crippen molar-refractivity contribution < 1.29 is 4.79 Å². The highest BCUT2D eigenvalue weighted by Gasteiger charge is 2.26. The third-order valence-electron chi connectivity index (χ3n) is 4.66. The van der Waals surface area contributed by atoms with E-state index in [4.69, 9.17) is 0 Å². The minimum absolute atomic E-state index is 0. The highest BCUT2D eigenvalue weighted by molar-refractivity contribution is 7.11. The lowest BCUT2D eigenvalue weighted by atomic mass is 9.96. The standard InChI is InChI=1S/C20H26N2OS.ClH/c1-16-7-8-19(24-16)15-22(14-11-17-5-3-2-4-6-17)20(23)18-9-12-21-13-10-18;/h2-8,18,21H,9-15H2,1H3;1H. The summed E-state index contributed by atoms with van der Waals surface area (Å²) in [6.07, 6.45) is 2.84. The number of nitrogens with one attached hydrogen (secondary N) is 1. The van der Waals surface area contributed by atoms with Gasteiger partial charge in [0, 0.05) is 22.2 Å². The first-order valence-electron chi connectivity index (χ1n) is 8.81. The number of thiophene rings is 1. The summed E-state index contributed by atoms with van der Waals surface area (Å²) in [7, 11) is 0. The number of aryl methyl sites for hydroxylation is 1. The van der Waals surface area contributed by atoms with Crippen LogP contribution < -0.4 is 5.32 Å². The molecular formula is C20H27ClN2OS. The van der Waals surface area contributed by atoms with Crippen LogP contribution in [0.3, 0.4) is 0 Å². The highest BCUT2D eigenvalue weighted by Crippen LogP contribution is 2.21. The molecular weight excluding hydrogens is 352 g/mol. The van der Waals surface area contributed by atoms with E-state index >= 15 is 0 Å². The molecule has 0 bridgehead atoms. The summed E-state index contributed by atoms with van der Waals surface area (Å²) in [5, 5.41) is 3.35. The molecule has 0 unspecified atom stereocenters. The molecule has 3 nitrogen and oxygen atoms in total. The Morgan fingerprint density at radius 3 is 2.52 bits per heavy atom. The van der Waals surface area contributed by atoms with Gasteiger partial charge in [-0.2, -0.15) is 0 Å². The maximum absolute atomic E-state index is 13.0. The molecule has 3 rings (SSSR count). The average molecular weight is 379 g/mol. The lowest BCUT2D eigenvalue weighted by Crippen LogP contribution is -2.41. The van der Waals surface area contributed by atoms with Gasteiger partial charge in [0.1, 0.15) is 0 Å². The molecule has 5 heteroatoms. The molecule has 25 heavy (non-hydrogen) atoms. The Kier molecular flexibility index (Phi) is 7.94. The maximum Gasteiger partial charge on any atom is 0.226 e. The molecule has 136 valence electrons. The van der Waals surface area contributed by atoms with Crippen LogP contribution in [0, 0.1) is 12.8 Å². The van der Waals surface area contributed by atoms with E-state index in [0.29, 0.717) is 5.91 Å². The van der Waals surface area contributed by atoms with Gasteiger partial charge in [-0.05, 0) is 57.0 Å². The van der Waals surface area contributed by atoms with Crippen molar-refractivity contribution in [1.29, 1.82) is 0 Å². The molecule has 1 fully saturated rings. The zero-order chi connectivity index (χ0) is 16.8. The molecule has 0 spiro atoms. The highest BCUT2D eigenvalue weighted by atomic mass is 35.5. The maximum atomic E-state index is 13.0. The zero-order valence-electron chi connectivity index (χ0n) is 14.7. The van der Waals surface area contributed by atoms with Crippen molar-refractivity contribution in [3.63, 3.8) is 0 Å². The predicted octanol–water partition coefficient (Wildman–Crippen LogP) is 4.05. The molecule has 1 aromatic carbocycles. The molecule has 0 aliphatic carbocycles. The second-order valence-electron chi connectivity index (χ2n) is 6.53. The predicted molar refractivity (Wildman–Crippen MR) is 107 cm³/mol. The van der Waals surface area contributed by atoms with Crippen molar-refractivity contribution in [3.05, 3.63) is 57.8 Å². The minimum Gasteiger partial charge on any atom is -0.337 e. The van der Waals surface area contributed by atoms with Crippen LogP contribution >= 0.6 is 23.7 Å². The molecule has 1 saturated heterocycles. The third kappa shape index (κ3) is 5.84. The molecule has 1 aromatic heterocycles. The van der Waals surface area contributed by atoms with Crippen LogP contribution in [-0.4, -0.2) is 30.4 Å². The van der Waals surface area contributed by atoms with Crippen molar-refractivity contribution in [1.82, 2.24) is 10.2 Å². The van der Waals surface area contributed by atoms with Gasteiger partial charge in [0.2, 0.25) is 5.91 Å². The summed E-state index contributed by atoms with van der Waals surface area (Å²) >= 11 is 1.80. The first-order chi connectivity index (χ1) is 11.7. The largest absolute Gasteiger partial charge is 0.337 e.